The molecular formula is C21H17F3N2O. The van der Waals surface area contributed by atoms with Crippen molar-refractivity contribution in [2.24, 2.45) is 0 Å². The molecule has 1 N–H and O–H groups in total. The third kappa shape index (κ3) is 3.39. The van der Waals surface area contributed by atoms with Crippen LogP contribution in [0.3, 0.4) is 0 Å². The lowest BCUT2D eigenvalue weighted by Gasteiger charge is -2.21. The van der Waals surface area contributed by atoms with E-state index in [2.05, 4.69) is 10.3 Å². The van der Waals surface area contributed by atoms with E-state index in [4.69, 9.17) is 0 Å². The molecule has 0 radical (unpaired) electrons. The van der Waals surface area contributed by atoms with Crippen LogP contribution in [0.1, 0.15) is 40.0 Å². The Kier molecular flexibility index (Phi) is 4.34. The Bertz CT molecular complexity index is 1010. The van der Waals surface area contributed by atoms with Crippen molar-refractivity contribution >= 4 is 22.4 Å². The number of alkyl halides is 3. The SMILES string of the molecule is O=C1CCCc2c1nc1ccccc1c2NCc1ccc(C(F)(F)F)cc1. The molecule has 0 amide bonds. The monoisotopic (exact) mass is 370 g/mol. The quantitative estimate of drug-likeness (QED) is 0.673. The van der Waals surface area contributed by atoms with Gasteiger partial charge in [-0.2, -0.15) is 13.2 Å². The van der Waals surface area contributed by atoms with Crippen molar-refractivity contribution in [1.82, 2.24) is 4.98 Å². The van der Waals surface area contributed by atoms with Gasteiger partial charge in [0.05, 0.1) is 11.1 Å². The summed E-state index contributed by atoms with van der Waals surface area (Å²) in [6.45, 7) is 0.368. The molecule has 1 aromatic heterocycles. The highest BCUT2D eigenvalue weighted by molar-refractivity contribution is 6.04. The number of nitrogens with one attached hydrogen (secondary N) is 1. The van der Waals surface area contributed by atoms with Gasteiger partial charge in [0, 0.05) is 29.6 Å². The molecule has 0 atom stereocenters. The predicted octanol–water partition coefficient (Wildman–Crippen LogP) is 5.38. The molecule has 0 aliphatic heterocycles. The number of carbonyl (C=O) groups excluding carboxylic acids is 1. The summed E-state index contributed by atoms with van der Waals surface area (Å²) in [5.41, 5.74) is 3.07. The molecule has 6 heteroatoms. The molecule has 0 spiro atoms. The van der Waals surface area contributed by atoms with Crippen LogP contribution in [-0.4, -0.2) is 10.8 Å². The third-order valence-electron chi connectivity index (χ3n) is 4.84. The van der Waals surface area contributed by atoms with Crippen LogP contribution in [0.25, 0.3) is 10.9 Å². The van der Waals surface area contributed by atoms with Gasteiger partial charge in [-0.25, -0.2) is 4.98 Å². The zero-order chi connectivity index (χ0) is 19.0. The van der Waals surface area contributed by atoms with Gasteiger partial charge in [-0.05, 0) is 36.6 Å². The van der Waals surface area contributed by atoms with Crippen molar-refractivity contribution in [3.8, 4) is 0 Å². The van der Waals surface area contributed by atoms with E-state index in [-0.39, 0.29) is 5.78 Å². The van der Waals surface area contributed by atoms with Crippen LogP contribution in [0.2, 0.25) is 0 Å². The number of benzene rings is 2. The molecule has 4 rings (SSSR count). The van der Waals surface area contributed by atoms with Gasteiger partial charge in [-0.15, -0.1) is 0 Å². The van der Waals surface area contributed by atoms with Crippen molar-refractivity contribution in [1.29, 1.82) is 0 Å². The van der Waals surface area contributed by atoms with E-state index in [1.807, 2.05) is 24.3 Å². The fourth-order valence-corrected chi connectivity index (χ4v) is 3.47. The molecule has 0 bridgehead atoms. The zero-order valence-corrected chi connectivity index (χ0v) is 14.4. The van der Waals surface area contributed by atoms with Gasteiger partial charge in [-0.3, -0.25) is 4.79 Å². The van der Waals surface area contributed by atoms with Crippen molar-refractivity contribution in [3.05, 3.63) is 70.9 Å². The number of hydrogen-bond donors (Lipinski definition) is 1. The first-order valence-electron chi connectivity index (χ1n) is 8.78. The highest BCUT2D eigenvalue weighted by atomic mass is 19.4. The Labute approximate surface area is 154 Å². The number of ketones is 1. The summed E-state index contributed by atoms with van der Waals surface area (Å²) in [4.78, 5) is 16.8. The molecule has 0 saturated carbocycles. The van der Waals surface area contributed by atoms with E-state index in [9.17, 15) is 18.0 Å². The van der Waals surface area contributed by atoms with E-state index < -0.39 is 11.7 Å². The standard InChI is InChI=1S/C21H17F3N2O/c22-21(23,24)14-10-8-13(9-11-14)12-25-19-15-4-1-2-6-17(15)26-20-16(19)5-3-7-18(20)27/h1-2,4,6,8-11H,3,5,7,12H2,(H,25,26). The molecule has 2 aromatic carbocycles. The molecule has 0 saturated heterocycles. The summed E-state index contributed by atoms with van der Waals surface area (Å²) < 4.78 is 38.1. The second-order valence-electron chi connectivity index (χ2n) is 6.66. The van der Waals surface area contributed by atoms with Crippen molar-refractivity contribution < 1.29 is 18.0 Å². The maximum absolute atomic E-state index is 12.7. The second kappa shape index (κ2) is 6.68. The fourth-order valence-electron chi connectivity index (χ4n) is 3.47. The second-order valence-corrected chi connectivity index (χ2v) is 6.66. The molecule has 138 valence electrons. The summed E-state index contributed by atoms with van der Waals surface area (Å²) in [6.07, 6.45) is -2.31. The predicted molar refractivity (Wildman–Crippen MR) is 97.8 cm³/mol. The lowest BCUT2D eigenvalue weighted by Crippen LogP contribution is -2.16. The van der Waals surface area contributed by atoms with Crippen molar-refractivity contribution in [2.75, 3.05) is 5.32 Å². The van der Waals surface area contributed by atoms with Gasteiger partial charge in [-0.1, -0.05) is 30.3 Å². The number of carbonyl (C=O) groups is 1. The van der Waals surface area contributed by atoms with Crippen LogP contribution in [0.15, 0.2) is 48.5 Å². The highest BCUT2D eigenvalue weighted by Crippen LogP contribution is 2.34. The Morgan fingerprint density at radius 3 is 2.48 bits per heavy atom. The molecular weight excluding hydrogens is 353 g/mol. The normalized spacial score (nSPS) is 14.3. The van der Waals surface area contributed by atoms with Gasteiger partial charge >= 0.3 is 6.18 Å². The summed E-state index contributed by atoms with van der Waals surface area (Å²) in [7, 11) is 0. The average molecular weight is 370 g/mol. The lowest BCUT2D eigenvalue weighted by molar-refractivity contribution is -0.137. The molecule has 1 aliphatic rings. The summed E-state index contributed by atoms with van der Waals surface area (Å²) in [5, 5.41) is 4.25. The Morgan fingerprint density at radius 1 is 1.00 bits per heavy atom. The van der Waals surface area contributed by atoms with Crippen molar-refractivity contribution in [3.63, 3.8) is 0 Å². The summed E-state index contributed by atoms with van der Waals surface area (Å²) in [6, 6.07) is 12.7. The zero-order valence-electron chi connectivity index (χ0n) is 14.4. The number of aromatic nitrogens is 1. The van der Waals surface area contributed by atoms with E-state index in [0.29, 0.717) is 18.7 Å². The number of para-hydroxylation sites is 1. The number of anilines is 1. The minimum atomic E-state index is -4.34. The van der Waals surface area contributed by atoms with Crippen LogP contribution in [0, 0.1) is 0 Å². The first-order chi connectivity index (χ1) is 12.9. The number of halogens is 3. The van der Waals surface area contributed by atoms with Crippen LogP contribution >= 0.6 is 0 Å². The van der Waals surface area contributed by atoms with Gasteiger partial charge in [0.25, 0.3) is 0 Å². The number of Topliss-reactive ketones (excluding diaryl/α,β-unsaturated/α-hetero) is 1. The number of rotatable bonds is 3. The lowest BCUT2D eigenvalue weighted by atomic mass is 9.91. The Hall–Kier alpha value is -2.89. The molecule has 0 unspecified atom stereocenters. The highest BCUT2D eigenvalue weighted by Gasteiger charge is 2.30. The van der Waals surface area contributed by atoms with Gasteiger partial charge < -0.3 is 5.32 Å². The number of hydrogen-bond acceptors (Lipinski definition) is 3. The van der Waals surface area contributed by atoms with E-state index in [0.717, 1.165) is 52.7 Å². The average Bonchev–Trinajstić information content (AvgIpc) is 2.65. The Balaban J connectivity index is 1.68. The maximum atomic E-state index is 12.7. The van der Waals surface area contributed by atoms with Crippen LogP contribution in [0.4, 0.5) is 18.9 Å². The molecule has 1 heterocycles. The maximum Gasteiger partial charge on any atom is 0.416 e. The minimum absolute atomic E-state index is 0.0413. The van der Waals surface area contributed by atoms with Crippen LogP contribution < -0.4 is 5.32 Å². The van der Waals surface area contributed by atoms with Crippen LogP contribution in [0.5, 0.6) is 0 Å². The molecule has 0 fully saturated rings. The fraction of sp³-hybridized carbons (Fsp3) is 0.238. The number of fused-ring (bicyclic) bond motifs is 2. The minimum Gasteiger partial charge on any atom is -0.380 e. The molecule has 3 nitrogen and oxygen atoms in total. The van der Waals surface area contributed by atoms with Gasteiger partial charge in [0.1, 0.15) is 5.69 Å². The smallest absolute Gasteiger partial charge is 0.380 e. The summed E-state index contributed by atoms with van der Waals surface area (Å²) in [5.74, 6) is 0.0413. The summed E-state index contributed by atoms with van der Waals surface area (Å²) >= 11 is 0. The van der Waals surface area contributed by atoms with Gasteiger partial charge in [0.15, 0.2) is 5.78 Å². The number of pyridine rings is 1. The van der Waals surface area contributed by atoms with Gasteiger partial charge in [0.2, 0.25) is 0 Å². The molecule has 1 aliphatic carbocycles. The first kappa shape index (κ1) is 17.5. The molecule has 27 heavy (non-hydrogen) atoms. The topological polar surface area (TPSA) is 42.0 Å². The largest absolute Gasteiger partial charge is 0.416 e. The Morgan fingerprint density at radius 2 is 1.74 bits per heavy atom. The first-order valence-corrected chi connectivity index (χ1v) is 8.78. The number of nitrogens with zero attached hydrogens (tertiary/aromatic N) is 1. The van der Waals surface area contributed by atoms with Crippen molar-refractivity contribution in [2.45, 2.75) is 32.0 Å². The third-order valence-corrected chi connectivity index (χ3v) is 4.84. The van der Waals surface area contributed by atoms with E-state index in [1.54, 1.807) is 0 Å². The van der Waals surface area contributed by atoms with Crippen LogP contribution in [-0.2, 0) is 19.1 Å². The van der Waals surface area contributed by atoms with E-state index in [1.165, 1.54) is 12.1 Å². The van der Waals surface area contributed by atoms with E-state index >= 15 is 0 Å². The molecule has 3 aromatic rings.